The summed E-state index contributed by atoms with van der Waals surface area (Å²) in [5.41, 5.74) is 0. The minimum atomic E-state index is 0. The number of likely N-dealkylation sites (tertiary alicyclic amines) is 1. The molecule has 3 aliphatic heterocycles. The quantitative estimate of drug-likeness (QED) is 0.803. The second kappa shape index (κ2) is 10.0. The predicted octanol–water partition coefficient (Wildman–Crippen LogP) is 1.54. The highest BCUT2D eigenvalue weighted by Gasteiger charge is 2.32. The molecule has 0 saturated carbocycles. The molecule has 3 fully saturated rings. The van der Waals surface area contributed by atoms with E-state index in [1.165, 1.54) is 0 Å². The molecule has 0 aliphatic carbocycles. The molecule has 0 spiro atoms. The van der Waals surface area contributed by atoms with Crippen molar-refractivity contribution < 1.29 is 9.53 Å². The van der Waals surface area contributed by atoms with Gasteiger partial charge in [0, 0.05) is 38.8 Å². The maximum Gasteiger partial charge on any atom is 0.226 e. The molecule has 5 nitrogen and oxygen atoms in total. The lowest BCUT2D eigenvalue weighted by molar-refractivity contribution is -0.138. The molecular formula is C16H31Cl2N3O2. The molecule has 0 aromatic rings. The van der Waals surface area contributed by atoms with Crippen molar-refractivity contribution in [1.29, 1.82) is 0 Å². The van der Waals surface area contributed by atoms with E-state index in [0.717, 1.165) is 71.6 Å². The van der Waals surface area contributed by atoms with E-state index in [1.54, 1.807) is 0 Å². The first-order valence-corrected chi connectivity index (χ1v) is 8.59. The van der Waals surface area contributed by atoms with Crippen LogP contribution in [0.3, 0.4) is 0 Å². The number of hydrogen-bond acceptors (Lipinski definition) is 4. The molecule has 7 heteroatoms. The van der Waals surface area contributed by atoms with Crippen molar-refractivity contribution >= 4 is 30.7 Å². The maximum absolute atomic E-state index is 12.5. The number of ether oxygens (including phenoxy) is 1. The van der Waals surface area contributed by atoms with Gasteiger partial charge >= 0.3 is 0 Å². The van der Waals surface area contributed by atoms with Crippen LogP contribution in [-0.2, 0) is 9.53 Å². The Labute approximate surface area is 152 Å². The van der Waals surface area contributed by atoms with Gasteiger partial charge in [-0.25, -0.2) is 0 Å². The highest BCUT2D eigenvalue weighted by atomic mass is 35.5. The van der Waals surface area contributed by atoms with Crippen LogP contribution < -0.4 is 5.32 Å². The number of piperidine rings is 2. The molecule has 0 aromatic heterocycles. The Morgan fingerprint density at radius 2 is 1.87 bits per heavy atom. The zero-order valence-electron chi connectivity index (χ0n) is 14.0. The van der Waals surface area contributed by atoms with Gasteiger partial charge in [0.15, 0.2) is 0 Å². The van der Waals surface area contributed by atoms with E-state index >= 15 is 0 Å². The van der Waals surface area contributed by atoms with Crippen molar-refractivity contribution in [2.45, 2.75) is 44.8 Å². The summed E-state index contributed by atoms with van der Waals surface area (Å²) >= 11 is 0. The molecule has 2 atom stereocenters. The summed E-state index contributed by atoms with van der Waals surface area (Å²) in [6, 6.07) is 0.643. The highest BCUT2D eigenvalue weighted by Crippen LogP contribution is 2.22. The Morgan fingerprint density at radius 3 is 2.48 bits per heavy atom. The SMILES string of the molecule is CC1CN(C2CCN(C(=O)C3CCCNC3)CC2)CCO1.Cl.Cl. The van der Waals surface area contributed by atoms with Gasteiger partial charge in [-0.3, -0.25) is 9.69 Å². The van der Waals surface area contributed by atoms with Crippen molar-refractivity contribution in [2.24, 2.45) is 5.92 Å². The van der Waals surface area contributed by atoms with E-state index in [9.17, 15) is 4.79 Å². The zero-order chi connectivity index (χ0) is 14.7. The van der Waals surface area contributed by atoms with Crippen LogP contribution >= 0.6 is 24.8 Å². The van der Waals surface area contributed by atoms with Gasteiger partial charge in [-0.15, -0.1) is 24.8 Å². The van der Waals surface area contributed by atoms with Crippen LogP contribution in [0.4, 0.5) is 0 Å². The van der Waals surface area contributed by atoms with Crippen LogP contribution in [0.5, 0.6) is 0 Å². The average Bonchev–Trinajstić information content (AvgIpc) is 2.55. The van der Waals surface area contributed by atoms with Gasteiger partial charge < -0.3 is 15.0 Å². The highest BCUT2D eigenvalue weighted by molar-refractivity contribution is 5.85. The van der Waals surface area contributed by atoms with Gasteiger partial charge in [0.05, 0.1) is 18.6 Å². The number of hydrogen-bond donors (Lipinski definition) is 1. The fourth-order valence-corrected chi connectivity index (χ4v) is 3.95. The summed E-state index contributed by atoms with van der Waals surface area (Å²) < 4.78 is 5.62. The van der Waals surface area contributed by atoms with E-state index in [0.29, 0.717) is 18.1 Å². The molecule has 2 unspecified atom stereocenters. The lowest BCUT2D eigenvalue weighted by Gasteiger charge is -2.42. The van der Waals surface area contributed by atoms with Crippen LogP contribution in [0, 0.1) is 5.92 Å². The standard InChI is InChI=1S/C16H29N3O2.2ClH/c1-13-12-19(9-10-21-13)15-4-7-18(8-5-15)16(20)14-3-2-6-17-11-14;;/h13-15,17H,2-12H2,1H3;2*1H. The third kappa shape index (κ3) is 5.46. The second-order valence-electron chi connectivity index (χ2n) is 6.78. The normalized spacial score (nSPS) is 30.2. The number of carbonyl (C=O) groups is 1. The zero-order valence-corrected chi connectivity index (χ0v) is 15.7. The number of amides is 1. The molecule has 1 N–H and O–H groups in total. The van der Waals surface area contributed by atoms with Crippen LogP contribution in [0.25, 0.3) is 0 Å². The van der Waals surface area contributed by atoms with Gasteiger partial charge in [-0.05, 0) is 39.2 Å². The summed E-state index contributed by atoms with van der Waals surface area (Å²) in [4.78, 5) is 17.2. The van der Waals surface area contributed by atoms with Crippen LogP contribution in [0.15, 0.2) is 0 Å². The van der Waals surface area contributed by atoms with Gasteiger partial charge in [0.2, 0.25) is 5.91 Å². The third-order valence-electron chi connectivity index (χ3n) is 5.21. The van der Waals surface area contributed by atoms with Crippen LogP contribution in [0.2, 0.25) is 0 Å². The van der Waals surface area contributed by atoms with Gasteiger partial charge in [-0.1, -0.05) is 0 Å². The molecule has 0 bridgehead atoms. The number of halogens is 2. The molecule has 23 heavy (non-hydrogen) atoms. The minimum absolute atomic E-state index is 0. The lowest BCUT2D eigenvalue weighted by Crippen LogP contribution is -2.53. The molecule has 3 saturated heterocycles. The molecule has 0 radical (unpaired) electrons. The average molecular weight is 368 g/mol. The number of morpholine rings is 1. The largest absolute Gasteiger partial charge is 0.376 e. The van der Waals surface area contributed by atoms with E-state index in [4.69, 9.17) is 4.74 Å². The fraction of sp³-hybridized carbons (Fsp3) is 0.938. The van der Waals surface area contributed by atoms with E-state index < -0.39 is 0 Å². The third-order valence-corrected chi connectivity index (χ3v) is 5.21. The predicted molar refractivity (Wildman–Crippen MR) is 96.7 cm³/mol. The summed E-state index contributed by atoms with van der Waals surface area (Å²) in [5.74, 6) is 0.606. The van der Waals surface area contributed by atoms with Gasteiger partial charge in [0.1, 0.15) is 0 Å². The summed E-state index contributed by atoms with van der Waals surface area (Å²) in [6.45, 7) is 8.92. The first-order chi connectivity index (χ1) is 10.2. The van der Waals surface area contributed by atoms with Crippen molar-refractivity contribution in [1.82, 2.24) is 15.1 Å². The van der Waals surface area contributed by atoms with Crippen molar-refractivity contribution in [3.05, 3.63) is 0 Å². The fourth-order valence-electron chi connectivity index (χ4n) is 3.95. The Balaban J connectivity index is 0.00000132. The van der Waals surface area contributed by atoms with E-state index in [-0.39, 0.29) is 30.7 Å². The number of nitrogens with one attached hydrogen (secondary N) is 1. The van der Waals surface area contributed by atoms with Crippen LogP contribution in [0.1, 0.15) is 32.6 Å². The molecule has 0 aromatic carbocycles. The van der Waals surface area contributed by atoms with Gasteiger partial charge in [-0.2, -0.15) is 0 Å². The summed E-state index contributed by atoms with van der Waals surface area (Å²) in [7, 11) is 0. The van der Waals surface area contributed by atoms with Crippen molar-refractivity contribution in [2.75, 3.05) is 45.9 Å². The van der Waals surface area contributed by atoms with Crippen molar-refractivity contribution in [3.8, 4) is 0 Å². The Hall–Kier alpha value is -0.0700. The second-order valence-corrected chi connectivity index (χ2v) is 6.78. The van der Waals surface area contributed by atoms with E-state index in [2.05, 4.69) is 22.0 Å². The smallest absolute Gasteiger partial charge is 0.226 e. The van der Waals surface area contributed by atoms with Crippen molar-refractivity contribution in [3.63, 3.8) is 0 Å². The molecule has 1 amide bonds. The molecule has 3 aliphatic rings. The Kier molecular flexibility index (Phi) is 9.16. The number of carbonyl (C=O) groups excluding carboxylic acids is 1. The topological polar surface area (TPSA) is 44.8 Å². The molecule has 136 valence electrons. The lowest BCUT2D eigenvalue weighted by atomic mass is 9.95. The Bertz CT molecular complexity index is 359. The van der Waals surface area contributed by atoms with Crippen LogP contribution in [-0.4, -0.2) is 73.7 Å². The number of nitrogens with zero attached hydrogens (tertiary/aromatic N) is 2. The van der Waals surface area contributed by atoms with Gasteiger partial charge in [0.25, 0.3) is 0 Å². The summed E-state index contributed by atoms with van der Waals surface area (Å²) in [5, 5.41) is 3.35. The first kappa shape index (κ1) is 21.0. The molecule has 3 rings (SSSR count). The molecule has 3 heterocycles. The first-order valence-electron chi connectivity index (χ1n) is 8.59. The molecular weight excluding hydrogens is 337 g/mol. The monoisotopic (exact) mass is 367 g/mol. The number of rotatable bonds is 2. The Morgan fingerprint density at radius 1 is 1.13 bits per heavy atom. The van der Waals surface area contributed by atoms with E-state index in [1.807, 2.05) is 0 Å². The maximum atomic E-state index is 12.5. The minimum Gasteiger partial charge on any atom is -0.376 e. The summed E-state index contributed by atoms with van der Waals surface area (Å²) in [6.07, 6.45) is 4.80.